The number of hydrogen-bond acceptors (Lipinski definition) is 7. The summed E-state index contributed by atoms with van der Waals surface area (Å²) in [6.07, 6.45) is -0.665. The first-order valence-electron chi connectivity index (χ1n) is 6.47. The minimum Gasteiger partial charge on any atom is -0.486 e. The maximum atomic E-state index is 11.7. The van der Waals surface area contributed by atoms with Gasteiger partial charge in [0.1, 0.15) is 19.8 Å². The third kappa shape index (κ3) is 3.03. The Morgan fingerprint density at radius 1 is 1.32 bits per heavy atom. The highest BCUT2D eigenvalue weighted by molar-refractivity contribution is 7.22. The Hall–Kier alpha value is -2.55. The number of amides is 2. The largest absolute Gasteiger partial charge is 0.486 e. The van der Waals surface area contributed by atoms with Gasteiger partial charge in [0, 0.05) is 12.1 Å². The van der Waals surface area contributed by atoms with E-state index in [2.05, 4.69) is 20.4 Å². The van der Waals surface area contributed by atoms with Crippen molar-refractivity contribution < 1.29 is 23.8 Å². The van der Waals surface area contributed by atoms with Crippen molar-refractivity contribution in [1.29, 1.82) is 0 Å². The number of benzene rings is 1. The Morgan fingerprint density at radius 3 is 2.77 bits per heavy atom. The van der Waals surface area contributed by atoms with Gasteiger partial charge in [0.25, 0.3) is 0 Å². The fourth-order valence-electron chi connectivity index (χ4n) is 1.91. The zero-order valence-electron chi connectivity index (χ0n) is 11.7. The fraction of sp³-hybridized carbons (Fsp3) is 0.308. The number of carbonyl (C=O) groups is 2. The SMILES string of the molecule is COC(=O)NCC(=O)Nc1nc2cc3c(cc2s1)OCCO3. The topological polar surface area (TPSA) is 98.8 Å². The van der Waals surface area contributed by atoms with Crippen LogP contribution in [0.1, 0.15) is 0 Å². The van der Waals surface area contributed by atoms with Crippen molar-refractivity contribution in [2.75, 3.05) is 32.2 Å². The molecule has 2 N–H and O–H groups in total. The van der Waals surface area contributed by atoms with E-state index in [0.717, 1.165) is 4.70 Å². The predicted molar refractivity (Wildman–Crippen MR) is 79.6 cm³/mol. The number of anilines is 1. The van der Waals surface area contributed by atoms with Crippen molar-refractivity contribution in [2.24, 2.45) is 0 Å². The lowest BCUT2D eigenvalue weighted by atomic mass is 10.3. The first-order chi connectivity index (χ1) is 10.7. The Bertz CT molecular complexity index is 687. The summed E-state index contributed by atoms with van der Waals surface area (Å²) in [6, 6.07) is 3.62. The van der Waals surface area contributed by atoms with E-state index >= 15 is 0 Å². The van der Waals surface area contributed by atoms with E-state index in [1.165, 1.54) is 18.4 Å². The molecule has 3 rings (SSSR count). The molecule has 2 aromatic rings. The van der Waals surface area contributed by atoms with E-state index in [-0.39, 0.29) is 12.5 Å². The van der Waals surface area contributed by atoms with Crippen molar-refractivity contribution >= 4 is 38.7 Å². The number of methoxy groups -OCH3 is 1. The molecule has 116 valence electrons. The van der Waals surface area contributed by atoms with Crippen LogP contribution in [-0.4, -0.2) is 43.9 Å². The van der Waals surface area contributed by atoms with E-state index in [4.69, 9.17) is 9.47 Å². The second-order valence-electron chi connectivity index (χ2n) is 4.38. The summed E-state index contributed by atoms with van der Waals surface area (Å²) in [5.74, 6) is 0.934. The van der Waals surface area contributed by atoms with Gasteiger partial charge in [-0.15, -0.1) is 0 Å². The average Bonchev–Trinajstić information content (AvgIpc) is 2.91. The number of aromatic nitrogens is 1. The monoisotopic (exact) mass is 323 g/mol. The predicted octanol–water partition coefficient (Wildman–Crippen LogP) is 1.36. The molecule has 9 heteroatoms. The summed E-state index contributed by atoms with van der Waals surface area (Å²) in [7, 11) is 1.23. The number of ether oxygens (including phenoxy) is 3. The lowest BCUT2D eigenvalue weighted by Gasteiger charge is -2.17. The van der Waals surface area contributed by atoms with Gasteiger partial charge < -0.3 is 24.8 Å². The van der Waals surface area contributed by atoms with Crippen LogP contribution in [-0.2, 0) is 9.53 Å². The smallest absolute Gasteiger partial charge is 0.407 e. The molecule has 1 aliphatic heterocycles. The van der Waals surface area contributed by atoms with Gasteiger partial charge in [0.2, 0.25) is 5.91 Å². The Labute approximate surface area is 129 Å². The van der Waals surface area contributed by atoms with Crippen LogP contribution in [0.3, 0.4) is 0 Å². The maximum absolute atomic E-state index is 11.7. The van der Waals surface area contributed by atoms with E-state index in [1.807, 2.05) is 6.07 Å². The van der Waals surface area contributed by atoms with Crippen LogP contribution in [0.4, 0.5) is 9.93 Å². The lowest BCUT2D eigenvalue weighted by Crippen LogP contribution is -2.32. The minimum absolute atomic E-state index is 0.189. The molecule has 1 aromatic carbocycles. The minimum atomic E-state index is -0.665. The number of rotatable bonds is 3. The molecular weight excluding hydrogens is 310 g/mol. The molecule has 0 saturated carbocycles. The zero-order valence-corrected chi connectivity index (χ0v) is 12.5. The molecule has 0 bridgehead atoms. The number of fused-ring (bicyclic) bond motifs is 2. The summed E-state index contributed by atoms with van der Waals surface area (Å²) in [4.78, 5) is 26.9. The van der Waals surface area contributed by atoms with Crippen LogP contribution in [0.5, 0.6) is 11.5 Å². The van der Waals surface area contributed by atoms with E-state index in [0.29, 0.717) is 35.4 Å². The number of nitrogens with zero attached hydrogens (tertiary/aromatic N) is 1. The summed E-state index contributed by atoms with van der Waals surface area (Å²) < 4.78 is 16.3. The first kappa shape index (κ1) is 14.4. The van der Waals surface area contributed by atoms with Gasteiger partial charge in [-0.25, -0.2) is 9.78 Å². The molecule has 0 unspecified atom stereocenters. The molecule has 0 saturated heterocycles. The van der Waals surface area contributed by atoms with E-state index < -0.39 is 6.09 Å². The van der Waals surface area contributed by atoms with Crippen molar-refractivity contribution in [3.05, 3.63) is 12.1 Å². The van der Waals surface area contributed by atoms with Crippen LogP contribution in [0, 0.1) is 0 Å². The van der Waals surface area contributed by atoms with Gasteiger partial charge in [-0.05, 0) is 0 Å². The number of hydrogen-bond donors (Lipinski definition) is 2. The fourth-order valence-corrected chi connectivity index (χ4v) is 2.80. The molecule has 2 amide bonds. The van der Waals surface area contributed by atoms with Crippen molar-refractivity contribution in [1.82, 2.24) is 10.3 Å². The van der Waals surface area contributed by atoms with Crippen molar-refractivity contribution in [3.63, 3.8) is 0 Å². The van der Waals surface area contributed by atoms with Crippen molar-refractivity contribution in [3.8, 4) is 11.5 Å². The van der Waals surface area contributed by atoms with Crippen LogP contribution < -0.4 is 20.1 Å². The van der Waals surface area contributed by atoms with Gasteiger partial charge in [-0.3, -0.25) is 4.79 Å². The molecular formula is C13H13N3O5S. The molecule has 0 spiro atoms. The summed E-state index contributed by atoms with van der Waals surface area (Å²) in [5.41, 5.74) is 0.713. The lowest BCUT2D eigenvalue weighted by molar-refractivity contribution is -0.115. The summed E-state index contributed by atoms with van der Waals surface area (Å²) in [6.45, 7) is 0.830. The van der Waals surface area contributed by atoms with Crippen LogP contribution in [0.25, 0.3) is 10.2 Å². The van der Waals surface area contributed by atoms with Gasteiger partial charge in [-0.2, -0.15) is 0 Å². The van der Waals surface area contributed by atoms with E-state index in [1.54, 1.807) is 6.07 Å². The molecule has 0 fully saturated rings. The van der Waals surface area contributed by atoms with E-state index in [9.17, 15) is 9.59 Å². The second kappa shape index (κ2) is 6.06. The van der Waals surface area contributed by atoms with Crippen molar-refractivity contribution in [2.45, 2.75) is 0 Å². The Kier molecular flexibility index (Phi) is 3.96. The molecule has 0 atom stereocenters. The van der Waals surface area contributed by atoms with Crippen LogP contribution in [0.2, 0.25) is 0 Å². The summed E-state index contributed by atoms with van der Waals surface area (Å²) >= 11 is 1.32. The zero-order chi connectivity index (χ0) is 15.5. The second-order valence-corrected chi connectivity index (χ2v) is 5.41. The maximum Gasteiger partial charge on any atom is 0.407 e. The normalized spacial score (nSPS) is 12.8. The van der Waals surface area contributed by atoms with Gasteiger partial charge in [-0.1, -0.05) is 11.3 Å². The number of carbonyl (C=O) groups excluding carboxylic acids is 2. The van der Waals surface area contributed by atoms with Gasteiger partial charge in [0.15, 0.2) is 16.6 Å². The highest BCUT2D eigenvalue weighted by atomic mass is 32.1. The molecule has 1 aliphatic rings. The number of thiazole rings is 1. The highest BCUT2D eigenvalue weighted by Crippen LogP contribution is 2.37. The van der Waals surface area contributed by atoms with Gasteiger partial charge >= 0.3 is 6.09 Å². The Morgan fingerprint density at radius 2 is 2.05 bits per heavy atom. The number of nitrogens with one attached hydrogen (secondary N) is 2. The Balaban J connectivity index is 1.72. The molecule has 22 heavy (non-hydrogen) atoms. The molecule has 8 nitrogen and oxygen atoms in total. The number of alkyl carbamates (subject to hydrolysis) is 1. The molecule has 0 aliphatic carbocycles. The van der Waals surface area contributed by atoms with Crippen LogP contribution in [0.15, 0.2) is 12.1 Å². The molecule has 1 aromatic heterocycles. The quantitative estimate of drug-likeness (QED) is 0.885. The molecule has 0 radical (unpaired) electrons. The third-order valence-corrected chi connectivity index (χ3v) is 3.81. The average molecular weight is 323 g/mol. The standard InChI is InChI=1S/C13H13N3O5S/c1-19-13(18)14-6-11(17)16-12-15-7-4-8-9(5-10(7)22-12)21-3-2-20-8/h4-5H,2-3,6H2,1H3,(H,14,18)(H,15,16,17). The third-order valence-electron chi connectivity index (χ3n) is 2.88. The van der Waals surface area contributed by atoms with Gasteiger partial charge in [0.05, 0.1) is 17.3 Å². The highest BCUT2D eigenvalue weighted by Gasteiger charge is 2.16. The molecule has 2 heterocycles. The van der Waals surface area contributed by atoms with Crippen LogP contribution >= 0.6 is 11.3 Å². The first-order valence-corrected chi connectivity index (χ1v) is 7.29. The summed E-state index contributed by atoms with van der Waals surface area (Å²) in [5, 5.41) is 5.35.